The van der Waals surface area contributed by atoms with E-state index in [9.17, 15) is 4.39 Å². The van der Waals surface area contributed by atoms with Gasteiger partial charge in [-0.05, 0) is 24.3 Å². The van der Waals surface area contributed by atoms with Gasteiger partial charge in [0.2, 0.25) is 0 Å². The Labute approximate surface area is 84.6 Å². The molecule has 2 aromatic heterocycles. The van der Waals surface area contributed by atoms with Crippen molar-refractivity contribution in [3.05, 3.63) is 42.7 Å². The lowest BCUT2D eigenvalue weighted by Gasteiger charge is -1.88. The average molecular weight is 202 g/mol. The number of halogens is 1. The molecular weight excluding hydrogens is 195 g/mol. The van der Waals surface area contributed by atoms with Gasteiger partial charge < -0.3 is 9.40 Å². The van der Waals surface area contributed by atoms with Gasteiger partial charge in [-0.15, -0.1) is 0 Å². The molecule has 3 rings (SSSR count). The number of benzene rings is 1. The van der Waals surface area contributed by atoms with Gasteiger partial charge in [0.1, 0.15) is 5.82 Å². The second-order valence-corrected chi connectivity index (χ2v) is 3.28. The summed E-state index contributed by atoms with van der Waals surface area (Å²) in [5.41, 5.74) is 1.68. The molecule has 3 nitrogen and oxygen atoms in total. The van der Waals surface area contributed by atoms with E-state index in [1.807, 2.05) is 6.07 Å². The van der Waals surface area contributed by atoms with E-state index >= 15 is 0 Å². The third-order valence-electron chi connectivity index (χ3n) is 2.28. The predicted octanol–water partition coefficient (Wildman–Crippen LogP) is 2.96. The molecule has 0 amide bonds. The monoisotopic (exact) mass is 202 g/mol. The number of nitrogens with zero attached hydrogens (tertiary/aromatic N) is 1. The fourth-order valence-electron chi connectivity index (χ4n) is 1.59. The molecule has 15 heavy (non-hydrogen) atoms. The molecule has 0 unspecified atom stereocenters. The van der Waals surface area contributed by atoms with Crippen LogP contribution in [0.25, 0.3) is 22.4 Å². The van der Waals surface area contributed by atoms with Gasteiger partial charge in [-0.25, -0.2) is 9.37 Å². The van der Waals surface area contributed by atoms with Gasteiger partial charge in [-0.3, -0.25) is 0 Å². The third kappa shape index (κ3) is 1.30. The van der Waals surface area contributed by atoms with E-state index in [1.54, 1.807) is 12.3 Å². The lowest BCUT2D eigenvalue weighted by Crippen LogP contribution is -1.72. The van der Waals surface area contributed by atoms with E-state index in [4.69, 9.17) is 4.42 Å². The fourth-order valence-corrected chi connectivity index (χ4v) is 1.59. The van der Waals surface area contributed by atoms with Crippen LogP contribution in [0.2, 0.25) is 0 Å². The molecule has 0 spiro atoms. The van der Waals surface area contributed by atoms with Gasteiger partial charge >= 0.3 is 0 Å². The first-order chi connectivity index (χ1) is 7.33. The largest absolute Gasteiger partial charge is 0.442 e. The molecule has 0 aliphatic carbocycles. The molecule has 0 atom stereocenters. The highest BCUT2D eigenvalue weighted by Gasteiger charge is 2.06. The normalized spacial score (nSPS) is 11.0. The lowest BCUT2D eigenvalue weighted by atomic mass is 10.2. The van der Waals surface area contributed by atoms with E-state index in [2.05, 4.69) is 9.97 Å². The molecule has 0 saturated carbocycles. The van der Waals surface area contributed by atoms with Crippen molar-refractivity contribution in [2.24, 2.45) is 0 Å². The summed E-state index contributed by atoms with van der Waals surface area (Å²) in [6.45, 7) is 0. The molecule has 3 aromatic rings. The zero-order chi connectivity index (χ0) is 10.3. The number of fused-ring (bicyclic) bond motifs is 1. The first-order valence-corrected chi connectivity index (χ1v) is 4.50. The number of aromatic amines is 1. The Morgan fingerprint density at radius 3 is 3.00 bits per heavy atom. The predicted molar refractivity (Wildman–Crippen MR) is 53.8 cm³/mol. The van der Waals surface area contributed by atoms with Crippen molar-refractivity contribution in [3.8, 4) is 11.5 Å². The van der Waals surface area contributed by atoms with Crippen molar-refractivity contribution in [3.63, 3.8) is 0 Å². The Bertz CT molecular complexity index is 598. The topological polar surface area (TPSA) is 41.8 Å². The van der Waals surface area contributed by atoms with Gasteiger partial charge in [-0.1, -0.05) is 0 Å². The molecule has 1 N–H and O–H groups in total. The Morgan fingerprint density at radius 2 is 2.20 bits per heavy atom. The van der Waals surface area contributed by atoms with Crippen LogP contribution in [-0.2, 0) is 0 Å². The number of hydrogen-bond donors (Lipinski definition) is 1. The van der Waals surface area contributed by atoms with Gasteiger partial charge in [0, 0.05) is 10.9 Å². The summed E-state index contributed by atoms with van der Waals surface area (Å²) in [5, 5.41) is 0.821. The summed E-state index contributed by atoms with van der Waals surface area (Å²) in [4.78, 5) is 6.95. The number of aromatic nitrogens is 2. The smallest absolute Gasteiger partial charge is 0.181 e. The molecule has 74 valence electrons. The Balaban J connectivity index is 2.22. The highest BCUT2D eigenvalue weighted by molar-refractivity contribution is 5.84. The van der Waals surface area contributed by atoms with Crippen LogP contribution < -0.4 is 0 Å². The van der Waals surface area contributed by atoms with Gasteiger partial charge in [0.25, 0.3) is 0 Å². The molecule has 0 aliphatic rings. The average Bonchev–Trinajstić information content (AvgIpc) is 2.84. The zero-order valence-electron chi connectivity index (χ0n) is 7.70. The number of rotatable bonds is 1. The van der Waals surface area contributed by atoms with Crippen LogP contribution >= 0.6 is 0 Å². The van der Waals surface area contributed by atoms with Crippen molar-refractivity contribution in [1.82, 2.24) is 9.97 Å². The van der Waals surface area contributed by atoms with Crippen molar-refractivity contribution in [2.45, 2.75) is 0 Å². The summed E-state index contributed by atoms with van der Waals surface area (Å²) in [7, 11) is 0. The number of hydrogen-bond acceptors (Lipinski definition) is 2. The minimum absolute atomic E-state index is 0.245. The van der Waals surface area contributed by atoms with Crippen molar-refractivity contribution >= 4 is 10.9 Å². The lowest BCUT2D eigenvalue weighted by molar-refractivity contribution is 0.570. The van der Waals surface area contributed by atoms with Crippen LogP contribution in [0.5, 0.6) is 0 Å². The Morgan fingerprint density at radius 1 is 1.27 bits per heavy atom. The Hall–Kier alpha value is -2.10. The standard InChI is InChI=1S/C11H7FN2O/c12-8-1-2-9-7(3-8)4-10(14-9)11-5-13-6-15-11/h1-6,14H. The first kappa shape index (κ1) is 8.23. The number of H-pyrrole nitrogens is 1. The van der Waals surface area contributed by atoms with E-state index in [1.165, 1.54) is 18.5 Å². The summed E-state index contributed by atoms with van der Waals surface area (Å²) in [5.74, 6) is 0.400. The van der Waals surface area contributed by atoms with Gasteiger partial charge in [0.05, 0.1) is 11.9 Å². The second kappa shape index (κ2) is 2.95. The van der Waals surface area contributed by atoms with Crippen LogP contribution in [0, 0.1) is 5.82 Å². The highest BCUT2D eigenvalue weighted by atomic mass is 19.1. The SMILES string of the molecule is Fc1ccc2[nH]c(-c3cnco3)cc2c1. The maximum Gasteiger partial charge on any atom is 0.181 e. The van der Waals surface area contributed by atoms with Crippen LogP contribution in [0.15, 0.2) is 41.3 Å². The van der Waals surface area contributed by atoms with Crippen molar-refractivity contribution < 1.29 is 8.81 Å². The molecule has 4 heteroatoms. The molecule has 0 aliphatic heterocycles. The number of nitrogens with one attached hydrogen (secondary N) is 1. The van der Waals surface area contributed by atoms with Gasteiger partial charge in [0.15, 0.2) is 12.2 Å². The first-order valence-electron chi connectivity index (χ1n) is 4.50. The highest BCUT2D eigenvalue weighted by Crippen LogP contribution is 2.24. The van der Waals surface area contributed by atoms with Crippen LogP contribution in [-0.4, -0.2) is 9.97 Å². The van der Waals surface area contributed by atoms with E-state index in [-0.39, 0.29) is 5.82 Å². The van der Waals surface area contributed by atoms with Crippen molar-refractivity contribution in [2.75, 3.05) is 0 Å². The molecular formula is C11H7FN2O. The minimum atomic E-state index is -0.245. The molecule has 0 radical (unpaired) electrons. The van der Waals surface area contributed by atoms with Crippen LogP contribution in [0.4, 0.5) is 4.39 Å². The number of oxazole rings is 1. The molecule has 0 bridgehead atoms. The van der Waals surface area contributed by atoms with Gasteiger partial charge in [-0.2, -0.15) is 0 Å². The summed E-state index contributed by atoms with van der Waals surface area (Å²) in [6.07, 6.45) is 2.97. The quantitative estimate of drug-likeness (QED) is 0.659. The minimum Gasteiger partial charge on any atom is -0.442 e. The van der Waals surface area contributed by atoms with E-state index < -0.39 is 0 Å². The van der Waals surface area contributed by atoms with E-state index in [0.29, 0.717) is 5.76 Å². The summed E-state index contributed by atoms with van der Waals surface area (Å²) in [6, 6.07) is 6.43. The molecule has 1 aromatic carbocycles. The maximum absolute atomic E-state index is 12.9. The van der Waals surface area contributed by atoms with Crippen molar-refractivity contribution in [1.29, 1.82) is 0 Å². The maximum atomic E-state index is 12.9. The fraction of sp³-hybridized carbons (Fsp3) is 0. The molecule has 0 fully saturated rings. The molecule has 0 saturated heterocycles. The summed E-state index contributed by atoms with van der Waals surface area (Å²) < 4.78 is 18.1. The second-order valence-electron chi connectivity index (χ2n) is 3.28. The van der Waals surface area contributed by atoms with Crippen LogP contribution in [0.1, 0.15) is 0 Å². The Kier molecular flexibility index (Phi) is 1.62. The van der Waals surface area contributed by atoms with E-state index in [0.717, 1.165) is 16.6 Å². The molecule has 2 heterocycles. The summed E-state index contributed by atoms with van der Waals surface area (Å²) >= 11 is 0. The third-order valence-corrected chi connectivity index (χ3v) is 2.28. The van der Waals surface area contributed by atoms with Crippen LogP contribution in [0.3, 0.4) is 0 Å². The zero-order valence-corrected chi connectivity index (χ0v) is 7.70.